The van der Waals surface area contributed by atoms with Crippen molar-refractivity contribution in [1.29, 1.82) is 0 Å². The highest BCUT2D eigenvalue weighted by atomic mass is 35.5. The van der Waals surface area contributed by atoms with E-state index in [9.17, 15) is 14.7 Å². The second kappa shape index (κ2) is 8.16. The number of nitrogens with two attached hydrogens (primary N) is 1. The zero-order valence-electron chi connectivity index (χ0n) is 16.0. The maximum absolute atomic E-state index is 13.7. The minimum atomic E-state index is -1.05. The van der Waals surface area contributed by atoms with E-state index >= 15 is 0 Å². The lowest BCUT2D eigenvalue weighted by Gasteiger charge is -2.35. The maximum atomic E-state index is 13.7. The van der Waals surface area contributed by atoms with Crippen molar-refractivity contribution in [3.8, 4) is 5.75 Å². The third-order valence-corrected chi connectivity index (χ3v) is 5.64. The molecule has 2 amide bonds. The number of phenols is 1. The van der Waals surface area contributed by atoms with Gasteiger partial charge in [-0.2, -0.15) is 0 Å². The molecule has 0 radical (unpaired) electrons. The number of hydrogen-bond donors (Lipinski definition) is 2. The molecule has 3 N–H and O–H groups in total. The fraction of sp³-hybridized carbons (Fsp3) is 0.174. The van der Waals surface area contributed by atoms with E-state index in [4.69, 9.17) is 17.3 Å². The van der Waals surface area contributed by atoms with E-state index in [1.807, 2.05) is 18.2 Å². The van der Waals surface area contributed by atoms with Crippen LogP contribution in [0, 0.1) is 0 Å². The normalized spacial score (nSPS) is 16.0. The molecule has 7 heteroatoms. The molecule has 0 unspecified atom stereocenters. The smallest absolute Gasteiger partial charge is 0.259 e. The Bertz CT molecular complexity index is 1100. The first-order valence-electron chi connectivity index (χ1n) is 9.55. The Balaban J connectivity index is 1.88. The number of phenolic OH excluding ortho intramolecular Hbond substituents is 1. The summed E-state index contributed by atoms with van der Waals surface area (Å²) in [6, 6.07) is 13.7. The first-order chi connectivity index (χ1) is 14.5. The van der Waals surface area contributed by atoms with Gasteiger partial charge in [-0.3, -0.25) is 14.6 Å². The van der Waals surface area contributed by atoms with Crippen LogP contribution in [0.2, 0.25) is 5.02 Å². The minimum absolute atomic E-state index is 0.100. The predicted molar refractivity (Wildman–Crippen MR) is 113 cm³/mol. The molecule has 0 saturated carbocycles. The number of amides is 2. The fourth-order valence-corrected chi connectivity index (χ4v) is 4.25. The summed E-state index contributed by atoms with van der Waals surface area (Å²) < 4.78 is 0. The van der Waals surface area contributed by atoms with Gasteiger partial charge in [-0.1, -0.05) is 35.9 Å². The zero-order chi connectivity index (χ0) is 21.3. The van der Waals surface area contributed by atoms with E-state index in [-0.39, 0.29) is 11.3 Å². The molecule has 1 aromatic heterocycles. The molecule has 0 spiro atoms. The van der Waals surface area contributed by atoms with Crippen LogP contribution in [0.15, 0.2) is 67.0 Å². The van der Waals surface area contributed by atoms with E-state index in [0.29, 0.717) is 17.0 Å². The Hall–Kier alpha value is -3.38. The van der Waals surface area contributed by atoms with Crippen molar-refractivity contribution in [2.24, 2.45) is 5.73 Å². The van der Waals surface area contributed by atoms with Gasteiger partial charge in [-0.05, 0) is 54.3 Å². The maximum Gasteiger partial charge on any atom is 0.259 e. The number of benzene rings is 2. The number of primary amides is 1. The van der Waals surface area contributed by atoms with Crippen molar-refractivity contribution in [2.45, 2.75) is 24.9 Å². The van der Waals surface area contributed by atoms with Gasteiger partial charge in [0, 0.05) is 23.0 Å². The van der Waals surface area contributed by atoms with Crippen molar-refractivity contribution in [3.05, 3.63) is 94.3 Å². The van der Waals surface area contributed by atoms with E-state index in [0.717, 1.165) is 17.5 Å². The molecule has 1 aliphatic rings. The van der Waals surface area contributed by atoms with Gasteiger partial charge in [-0.15, -0.1) is 0 Å². The van der Waals surface area contributed by atoms with Gasteiger partial charge in [0.1, 0.15) is 11.8 Å². The standard InChI is InChI=1S/C23H20ClN3O3/c24-16-9-7-14-8-10-19(18(14)12-16)27(23(30)17-5-1-2-6-20(17)28)21(22(25)29)15-4-3-11-26-13-15/h1-7,9,11-13,19,21,28H,8,10H2,(H2,25,29)/t19-,21-/m1/s1. The van der Waals surface area contributed by atoms with Crippen LogP contribution in [0.4, 0.5) is 0 Å². The number of halogens is 1. The number of carbonyl (C=O) groups excluding carboxylic acids is 2. The molecule has 0 fully saturated rings. The molecule has 0 saturated heterocycles. The summed E-state index contributed by atoms with van der Waals surface area (Å²) in [6.07, 6.45) is 4.45. The lowest BCUT2D eigenvalue weighted by atomic mass is 9.98. The van der Waals surface area contributed by atoms with Crippen LogP contribution in [0.1, 0.15) is 45.6 Å². The minimum Gasteiger partial charge on any atom is -0.507 e. The molecule has 30 heavy (non-hydrogen) atoms. The van der Waals surface area contributed by atoms with E-state index < -0.39 is 23.9 Å². The van der Waals surface area contributed by atoms with Crippen LogP contribution in [0.25, 0.3) is 0 Å². The topological polar surface area (TPSA) is 96.5 Å². The van der Waals surface area contributed by atoms with Crippen LogP contribution in [-0.2, 0) is 11.2 Å². The van der Waals surface area contributed by atoms with Crippen molar-refractivity contribution in [3.63, 3.8) is 0 Å². The number of para-hydroxylation sites is 1. The largest absolute Gasteiger partial charge is 0.507 e. The van der Waals surface area contributed by atoms with Crippen molar-refractivity contribution < 1.29 is 14.7 Å². The van der Waals surface area contributed by atoms with Gasteiger partial charge in [0.2, 0.25) is 5.91 Å². The van der Waals surface area contributed by atoms with Crippen LogP contribution in [0.3, 0.4) is 0 Å². The van der Waals surface area contributed by atoms with Crippen LogP contribution in [0.5, 0.6) is 5.75 Å². The third-order valence-electron chi connectivity index (χ3n) is 5.41. The molecule has 4 rings (SSSR count). The van der Waals surface area contributed by atoms with Gasteiger partial charge in [0.15, 0.2) is 0 Å². The van der Waals surface area contributed by atoms with Gasteiger partial charge in [0.25, 0.3) is 5.91 Å². The summed E-state index contributed by atoms with van der Waals surface area (Å²) in [7, 11) is 0. The van der Waals surface area contributed by atoms with Gasteiger partial charge >= 0.3 is 0 Å². The van der Waals surface area contributed by atoms with Gasteiger partial charge < -0.3 is 15.7 Å². The second-order valence-corrected chi connectivity index (χ2v) is 7.65. The van der Waals surface area contributed by atoms with Crippen molar-refractivity contribution in [2.75, 3.05) is 0 Å². The number of aromatic hydroxyl groups is 1. The Kier molecular flexibility index (Phi) is 5.42. The lowest BCUT2D eigenvalue weighted by Crippen LogP contribution is -2.43. The SMILES string of the molecule is NC(=O)[C@@H](c1cccnc1)N(C(=O)c1ccccc1O)[C@@H]1CCc2ccc(Cl)cc21. The van der Waals surface area contributed by atoms with E-state index in [2.05, 4.69) is 4.98 Å². The Labute approximate surface area is 178 Å². The Morgan fingerprint density at radius 3 is 2.67 bits per heavy atom. The average Bonchev–Trinajstić information content (AvgIpc) is 3.14. The molecule has 0 aliphatic heterocycles. The number of rotatable bonds is 5. The van der Waals surface area contributed by atoms with E-state index in [1.54, 1.807) is 30.5 Å². The summed E-state index contributed by atoms with van der Waals surface area (Å²) in [5.74, 6) is -1.33. The number of carbonyl (C=O) groups is 2. The van der Waals surface area contributed by atoms with Crippen molar-refractivity contribution >= 4 is 23.4 Å². The number of aryl methyl sites for hydroxylation is 1. The Morgan fingerprint density at radius 1 is 1.17 bits per heavy atom. The quantitative estimate of drug-likeness (QED) is 0.654. The number of nitrogens with zero attached hydrogens (tertiary/aromatic N) is 2. The monoisotopic (exact) mass is 421 g/mol. The molecule has 1 aliphatic carbocycles. The average molecular weight is 422 g/mol. The number of fused-ring (bicyclic) bond motifs is 1. The molecular weight excluding hydrogens is 402 g/mol. The van der Waals surface area contributed by atoms with Crippen LogP contribution >= 0.6 is 11.6 Å². The number of aromatic nitrogens is 1. The van der Waals surface area contributed by atoms with E-state index in [1.165, 1.54) is 23.2 Å². The summed E-state index contributed by atoms with van der Waals surface area (Å²) in [6.45, 7) is 0. The highest BCUT2D eigenvalue weighted by Gasteiger charge is 2.40. The summed E-state index contributed by atoms with van der Waals surface area (Å²) in [5, 5.41) is 10.9. The lowest BCUT2D eigenvalue weighted by molar-refractivity contribution is -0.123. The molecule has 2 atom stereocenters. The molecule has 2 aromatic carbocycles. The second-order valence-electron chi connectivity index (χ2n) is 7.22. The zero-order valence-corrected chi connectivity index (χ0v) is 16.8. The van der Waals surface area contributed by atoms with Gasteiger partial charge in [0.05, 0.1) is 11.6 Å². The highest BCUT2D eigenvalue weighted by molar-refractivity contribution is 6.30. The molecule has 1 heterocycles. The molecule has 3 aromatic rings. The molecule has 6 nitrogen and oxygen atoms in total. The first kappa shape index (κ1) is 19.9. The Morgan fingerprint density at radius 2 is 1.97 bits per heavy atom. The number of hydrogen-bond acceptors (Lipinski definition) is 4. The molecule has 0 bridgehead atoms. The molecule has 152 valence electrons. The number of pyridine rings is 1. The summed E-state index contributed by atoms with van der Waals surface area (Å²) in [5.41, 5.74) is 8.34. The summed E-state index contributed by atoms with van der Waals surface area (Å²) in [4.78, 5) is 31.8. The fourth-order valence-electron chi connectivity index (χ4n) is 4.07. The summed E-state index contributed by atoms with van der Waals surface area (Å²) >= 11 is 6.23. The van der Waals surface area contributed by atoms with Crippen LogP contribution < -0.4 is 5.73 Å². The molecular formula is C23H20ClN3O3. The third kappa shape index (κ3) is 3.62. The van der Waals surface area contributed by atoms with Gasteiger partial charge in [-0.25, -0.2) is 0 Å². The predicted octanol–water partition coefficient (Wildman–Crippen LogP) is 3.80. The first-order valence-corrected chi connectivity index (χ1v) is 9.93. The van der Waals surface area contributed by atoms with Crippen molar-refractivity contribution in [1.82, 2.24) is 9.88 Å². The highest BCUT2D eigenvalue weighted by Crippen LogP contribution is 2.42. The van der Waals surface area contributed by atoms with Crippen LogP contribution in [-0.4, -0.2) is 26.8 Å².